The summed E-state index contributed by atoms with van der Waals surface area (Å²) in [6.07, 6.45) is 1.51. The number of carbonyl (C=O) groups is 2. The number of benzene rings is 1. The van der Waals surface area contributed by atoms with Gasteiger partial charge < -0.3 is 4.57 Å². The van der Waals surface area contributed by atoms with E-state index in [4.69, 9.17) is 0 Å². The van der Waals surface area contributed by atoms with Crippen molar-refractivity contribution in [3.63, 3.8) is 0 Å². The first kappa shape index (κ1) is 16.8. The molecule has 0 fully saturated rings. The van der Waals surface area contributed by atoms with E-state index < -0.39 is 5.91 Å². The minimum Gasteiger partial charge on any atom is -0.306 e. The maximum atomic E-state index is 11.7. The van der Waals surface area contributed by atoms with E-state index in [2.05, 4.69) is 10.9 Å². The SMILES string of the molecule is Cc1ccccc1SCC(=O)NNC(=O)Cn1ccccc1=O. The number of aromatic nitrogens is 1. The molecule has 1 aromatic heterocycles. The second-order valence-electron chi connectivity index (χ2n) is 4.82. The summed E-state index contributed by atoms with van der Waals surface area (Å²) in [4.78, 5) is 35.9. The molecule has 23 heavy (non-hydrogen) atoms. The van der Waals surface area contributed by atoms with Gasteiger partial charge in [0, 0.05) is 17.2 Å². The van der Waals surface area contributed by atoms with E-state index >= 15 is 0 Å². The van der Waals surface area contributed by atoms with Crippen molar-refractivity contribution < 1.29 is 9.59 Å². The van der Waals surface area contributed by atoms with Crippen LogP contribution in [-0.2, 0) is 16.1 Å². The fourth-order valence-electron chi connectivity index (χ4n) is 1.82. The largest absolute Gasteiger partial charge is 0.306 e. The van der Waals surface area contributed by atoms with Crippen LogP contribution in [-0.4, -0.2) is 22.1 Å². The number of hydrogen-bond donors (Lipinski definition) is 2. The van der Waals surface area contributed by atoms with E-state index in [-0.39, 0.29) is 23.8 Å². The Hall–Kier alpha value is -2.54. The maximum Gasteiger partial charge on any atom is 0.258 e. The van der Waals surface area contributed by atoms with Crippen molar-refractivity contribution in [1.29, 1.82) is 0 Å². The zero-order chi connectivity index (χ0) is 16.7. The zero-order valence-electron chi connectivity index (χ0n) is 12.6. The fraction of sp³-hybridized carbons (Fsp3) is 0.188. The van der Waals surface area contributed by atoms with Gasteiger partial charge in [-0.25, -0.2) is 0 Å². The molecule has 0 aliphatic carbocycles. The van der Waals surface area contributed by atoms with E-state index in [1.807, 2.05) is 31.2 Å². The first-order chi connectivity index (χ1) is 11.1. The van der Waals surface area contributed by atoms with Crippen LogP contribution < -0.4 is 16.4 Å². The Morgan fingerprint density at radius 2 is 1.74 bits per heavy atom. The average Bonchev–Trinajstić information content (AvgIpc) is 2.54. The topological polar surface area (TPSA) is 80.2 Å². The first-order valence-corrected chi connectivity index (χ1v) is 7.96. The van der Waals surface area contributed by atoms with Gasteiger partial charge in [-0.1, -0.05) is 24.3 Å². The molecule has 0 saturated heterocycles. The molecule has 2 N–H and O–H groups in total. The summed E-state index contributed by atoms with van der Waals surface area (Å²) in [5.74, 6) is -0.587. The number of carbonyl (C=O) groups excluding carboxylic acids is 2. The van der Waals surface area contributed by atoms with E-state index in [1.54, 1.807) is 12.1 Å². The quantitative estimate of drug-likeness (QED) is 0.635. The molecule has 0 atom stereocenters. The van der Waals surface area contributed by atoms with Crippen LogP contribution in [0, 0.1) is 6.92 Å². The number of pyridine rings is 1. The molecule has 1 heterocycles. The van der Waals surface area contributed by atoms with Crippen LogP contribution in [0.4, 0.5) is 0 Å². The van der Waals surface area contributed by atoms with Crippen LogP contribution in [0.5, 0.6) is 0 Å². The van der Waals surface area contributed by atoms with Gasteiger partial charge in [0.05, 0.1) is 5.75 Å². The number of nitrogens with zero attached hydrogens (tertiary/aromatic N) is 1. The molecular formula is C16H17N3O3S. The molecule has 2 rings (SSSR count). The van der Waals surface area contributed by atoms with Gasteiger partial charge in [-0.15, -0.1) is 11.8 Å². The highest BCUT2D eigenvalue weighted by atomic mass is 32.2. The number of rotatable bonds is 5. The number of hydrogen-bond acceptors (Lipinski definition) is 4. The van der Waals surface area contributed by atoms with Crippen LogP contribution in [0.2, 0.25) is 0 Å². The van der Waals surface area contributed by atoms with Gasteiger partial charge >= 0.3 is 0 Å². The van der Waals surface area contributed by atoms with Crippen molar-refractivity contribution in [1.82, 2.24) is 15.4 Å². The summed E-state index contributed by atoms with van der Waals surface area (Å²) in [7, 11) is 0. The van der Waals surface area contributed by atoms with Gasteiger partial charge in [0.15, 0.2) is 0 Å². The predicted octanol–water partition coefficient (Wildman–Crippen LogP) is 1.10. The third-order valence-corrected chi connectivity index (χ3v) is 4.18. The third kappa shape index (κ3) is 5.30. The highest BCUT2D eigenvalue weighted by molar-refractivity contribution is 8.00. The normalized spacial score (nSPS) is 10.1. The number of nitrogens with one attached hydrogen (secondary N) is 2. The molecule has 2 aromatic rings. The van der Waals surface area contributed by atoms with Crippen LogP contribution in [0.25, 0.3) is 0 Å². The Kier molecular flexibility index (Phi) is 5.99. The third-order valence-electron chi connectivity index (χ3n) is 3.01. The second kappa shape index (κ2) is 8.19. The molecule has 0 aliphatic heterocycles. The zero-order valence-corrected chi connectivity index (χ0v) is 13.4. The summed E-state index contributed by atoms with van der Waals surface area (Å²) < 4.78 is 1.25. The smallest absolute Gasteiger partial charge is 0.258 e. The molecule has 0 spiro atoms. The molecule has 0 aliphatic rings. The Morgan fingerprint density at radius 1 is 1.04 bits per heavy atom. The number of thioether (sulfide) groups is 1. The Labute approximate surface area is 137 Å². The summed E-state index contributed by atoms with van der Waals surface area (Å²) in [6, 6.07) is 12.4. The molecule has 0 radical (unpaired) electrons. The molecule has 1 aromatic carbocycles. The summed E-state index contributed by atoms with van der Waals surface area (Å²) >= 11 is 1.39. The lowest BCUT2D eigenvalue weighted by atomic mass is 10.2. The van der Waals surface area contributed by atoms with Crippen LogP contribution in [0.3, 0.4) is 0 Å². The average molecular weight is 331 g/mol. The van der Waals surface area contributed by atoms with Crippen LogP contribution in [0.15, 0.2) is 58.4 Å². The molecule has 7 heteroatoms. The predicted molar refractivity (Wildman–Crippen MR) is 88.9 cm³/mol. The van der Waals surface area contributed by atoms with Gasteiger partial charge in [-0.2, -0.15) is 0 Å². The molecule has 6 nitrogen and oxygen atoms in total. The minimum absolute atomic E-state index is 0.148. The Morgan fingerprint density at radius 3 is 2.48 bits per heavy atom. The second-order valence-corrected chi connectivity index (χ2v) is 5.83. The number of hydrazine groups is 1. The van der Waals surface area contributed by atoms with Crippen molar-refractivity contribution in [3.05, 3.63) is 64.6 Å². The Bertz CT molecular complexity index is 758. The minimum atomic E-state index is -0.465. The molecule has 2 amide bonds. The fourth-order valence-corrected chi connectivity index (χ4v) is 2.65. The lowest BCUT2D eigenvalue weighted by Crippen LogP contribution is -2.44. The monoisotopic (exact) mass is 331 g/mol. The maximum absolute atomic E-state index is 11.7. The van der Waals surface area contributed by atoms with E-state index in [9.17, 15) is 14.4 Å². The Balaban J connectivity index is 1.76. The van der Waals surface area contributed by atoms with Gasteiger partial charge in [0.25, 0.3) is 11.5 Å². The van der Waals surface area contributed by atoms with E-state index in [1.165, 1.54) is 28.6 Å². The molecule has 120 valence electrons. The molecule has 0 unspecified atom stereocenters. The van der Waals surface area contributed by atoms with Gasteiger partial charge in [-0.3, -0.25) is 25.2 Å². The standard InChI is InChI=1S/C16H17N3O3S/c1-12-6-2-3-7-13(12)23-11-15(21)18-17-14(20)10-19-9-5-4-8-16(19)22/h2-9H,10-11H2,1H3,(H,17,20)(H,18,21). The van der Waals surface area contributed by atoms with Gasteiger partial charge in [0.1, 0.15) is 6.54 Å². The van der Waals surface area contributed by atoms with E-state index in [0.717, 1.165) is 10.5 Å². The number of amides is 2. The summed E-state index contributed by atoms with van der Waals surface area (Å²) in [5, 5.41) is 0. The summed E-state index contributed by atoms with van der Waals surface area (Å²) in [5.41, 5.74) is 5.46. The van der Waals surface area contributed by atoms with Crippen molar-refractivity contribution in [2.45, 2.75) is 18.4 Å². The van der Waals surface area contributed by atoms with Crippen LogP contribution >= 0.6 is 11.8 Å². The molecular weight excluding hydrogens is 314 g/mol. The van der Waals surface area contributed by atoms with Crippen molar-refractivity contribution in [2.75, 3.05) is 5.75 Å². The first-order valence-electron chi connectivity index (χ1n) is 6.98. The number of aryl methyl sites for hydroxylation is 1. The van der Waals surface area contributed by atoms with Crippen molar-refractivity contribution in [2.24, 2.45) is 0 Å². The highest BCUT2D eigenvalue weighted by Gasteiger charge is 2.07. The van der Waals surface area contributed by atoms with Crippen LogP contribution in [0.1, 0.15) is 5.56 Å². The van der Waals surface area contributed by atoms with Gasteiger partial charge in [0.2, 0.25) is 5.91 Å². The van der Waals surface area contributed by atoms with Crippen molar-refractivity contribution >= 4 is 23.6 Å². The highest BCUT2D eigenvalue weighted by Crippen LogP contribution is 2.21. The lowest BCUT2D eigenvalue weighted by molar-refractivity contribution is -0.128. The van der Waals surface area contributed by atoms with Crippen molar-refractivity contribution in [3.8, 4) is 0 Å². The van der Waals surface area contributed by atoms with Gasteiger partial charge in [-0.05, 0) is 24.6 Å². The summed E-state index contributed by atoms with van der Waals surface area (Å²) in [6.45, 7) is 1.82. The molecule has 0 saturated carbocycles. The van der Waals surface area contributed by atoms with E-state index in [0.29, 0.717) is 0 Å². The lowest BCUT2D eigenvalue weighted by Gasteiger charge is -2.09. The molecule has 0 bridgehead atoms.